The summed E-state index contributed by atoms with van der Waals surface area (Å²) in [5, 5.41) is 13.6. The number of anilines is 2. The van der Waals surface area contributed by atoms with E-state index in [0.717, 1.165) is 11.3 Å². The van der Waals surface area contributed by atoms with Gasteiger partial charge in [0.2, 0.25) is 5.13 Å². The lowest BCUT2D eigenvalue weighted by molar-refractivity contribution is 0.827. The van der Waals surface area contributed by atoms with Gasteiger partial charge in [0.15, 0.2) is 5.69 Å². The summed E-state index contributed by atoms with van der Waals surface area (Å²) in [6.07, 6.45) is 0. The fourth-order valence-corrected chi connectivity index (χ4v) is 3.38. The molecule has 0 saturated carbocycles. The Kier molecular flexibility index (Phi) is 4.50. The standard InChI is InChI=1S/C19H17N7OS/c1-11-17(24-23-15-8-6-14(21)7-9-15)18(27)26(25-11)19-22-16(10-28-19)12-2-4-13(20)5-3-12/h2-10,25H,20-21H2,1H3. The van der Waals surface area contributed by atoms with Crippen LogP contribution in [0.25, 0.3) is 16.4 Å². The number of hydrogen-bond donors (Lipinski definition) is 3. The zero-order valence-electron chi connectivity index (χ0n) is 15.0. The zero-order valence-corrected chi connectivity index (χ0v) is 15.8. The summed E-state index contributed by atoms with van der Waals surface area (Å²) in [4.78, 5) is 17.3. The molecule has 2 heterocycles. The van der Waals surface area contributed by atoms with Crippen molar-refractivity contribution in [3.05, 3.63) is 70.0 Å². The van der Waals surface area contributed by atoms with E-state index in [1.807, 2.05) is 29.6 Å². The fourth-order valence-electron chi connectivity index (χ4n) is 2.59. The summed E-state index contributed by atoms with van der Waals surface area (Å²) in [5.41, 5.74) is 15.5. The lowest BCUT2D eigenvalue weighted by atomic mass is 10.1. The van der Waals surface area contributed by atoms with Gasteiger partial charge in [-0.2, -0.15) is 9.80 Å². The summed E-state index contributed by atoms with van der Waals surface area (Å²) in [7, 11) is 0. The molecule has 0 unspecified atom stereocenters. The molecule has 2 aromatic carbocycles. The van der Waals surface area contributed by atoms with E-state index in [2.05, 4.69) is 20.3 Å². The van der Waals surface area contributed by atoms with Crippen LogP contribution in [0.2, 0.25) is 0 Å². The number of rotatable bonds is 4. The molecule has 4 aromatic rings. The Labute approximate surface area is 164 Å². The molecule has 0 amide bonds. The van der Waals surface area contributed by atoms with Crippen LogP contribution in [0.5, 0.6) is 0 Å². The van der Waals surface area contributed by atoms with Crippen LogP contribution in [0.3, 0.4) is 0 Å². The summed E-state index contributed by atoms with van der Waals surface area (Å²) < 4.78 is 1.37. The van der Waals surface area contributed by atoms with E-state index in [0.29, 0.717) is 27.9 Å². The normalized spacial score (nSPS) is 11.3. The molecule has 0 spiro atoms. The number of thiazole rings is 1. The predicted molar refractivity (Wildman–Crippen MR) is 112 cm³/mol. The third kappa shape index (κ3) is 3.42. The van der Waals surface area contributed by atoms with Crippen LogP contribution in [0, 0.1) is 6.92 Å². The van der Waals surface area contributed by atoms with Gasteiger partial charge in [0, 0.05) is 22.3 Å². The first-order chi connectivity index (χ1) is 13.5. The van der Waals surface area contributed by atoms with Gasteiger partial charge in [0.05, 0.1) is 17.1 Å². The summed E-state index contributed by atoms with van der Waals surface area (Å²) in [5.74, 6) is 0. The van der Waals surface area contributed by atoms with Gasteiger partial charge in [-0.15, -0.1) is 16.5 Å². The zero-order chi connectivity index (χ0) is 19.7. The number of nitrogens with one attached hydrogen (secondary N) is 1. The molecule has 8 nitrogen and oxygen atoms in total. The van der Waals surface area contributed by atoms with Gasteiger partial charge in [-0.05, 0) is 43.3 Å². The molecule has 0 bridgehead atoms. The Bertz CT molecular complexity index is 1200. The van der Waals surface area contributed by atoms with Crippen molar-refractivity contribution in [3.63, 3.8) is 0 Å². The highest BCUT2D eigenvalue weighted by Crippen LogP contribution is 2.25. The molecular formula is C19H17N7OS. The lowest BCUT2D eigenvalue weighted by Crippen LogP contribution is -2.13. The van der Waals surface area contributed by atoms with E-state index in [1.165, 1.54) is 16.0 Å². The van der Waals surface area contributed by atoms with E-state index < -0.39 is 0 Å². The SMILES string of the molecule is Cc1[nH]n(-c2nc(-c3ccc(N)cc3)cs2)c(=O)c1N=Nc1ccc(N)cc1. The van der Waals surface area contributed by atoms with E-state index in [9.17, 15) is 4.79 Å². The van der Waals surface area contributed by atoms with Crippen molar-refractivity contribution in [2.75, 3.05) is 11.5 Å². The van der Waals surface area contributed by atoms with Crippen LogP contribution in [0.4, 0.5) is 22.7 Å². The van der Waals surface area contributed by atoms with E-state index in [-0.39, 0.29) is 11.2 Å². The molecule has 0 saturated heterocycles. The third-order valence-corrected chi connectivity index (χ3v) is 4.91. The second-order valence-electron chi connectivity index (χ2n) is 6.15. The molecule has 140 valence electrons. The number of azo groups is 1. The number of aromatic nitrogens is 3. The molecule has 0 aliphatic rings. The van der Waals surface area contributed by atoms with Crippen molar-refractivity contribution in [2.45, 2.75) is 6.92 Å². The van der Waals surface area contributed by atoms with Crippen LogP contribution in [0.15, 0.2) is 68.9 Å². The molecule has 0 aliphatic heterocycles. The van der Waals surface area contributed by atoms with E-state index in [4.69, 9.17) is 11.5 Å². The van der Waals surface area contributed by atoms with Gasteiger partial charge in [-0.25, -0.2) is 4.98 Å². The molecule has 9 heteroatoms. The minimum Gasteiger partial charge on any atom is -0.399 e. The molecule has 0 fully saturated rings. The number of aromatic amines is 1. The maximum Gasteiger partial charge on any atom is 0.301 e. The van der Waals surface area contributed by atoms with E-state index >= 15 is 0 Å². The predicted octanol–water partition coefficient (Wildman–Crippen LogP) is 4.18. The molecule has 28 heavy (non-hydrogen) atoms. The second-order valence-corrected chi connectivity index (χ2v) is 6.99. The van der Waals surface area contributed by atoms with Crippen molar-refractivity contribution in [1.29, 1.82) is 0 Å². The van der Waals surface area contributed by atoms with Crippen LogP contribution in [-0.2, 0) is 0 Å². The van der Waals surface area contributed by atoms with Gasteiger partial charge in [-0.3, -0.25) is 9.89 Å². The van der Waals surface area contributed by atoms with Gasteiger partial charge < -0.3 is 11.5 Å². The highest BCUT2D eigenvalue weighted by atomic mass is 32.1. The average molecular weight is 391 g/mol. The van der Waals surface area contributed by atoms with Crippen LogP contribution >= 0.6 is 11.3 Å². The molecule has 2 aromatic heterocycles. The van der Waals surface area contributed by atoms with Crippen LogP contribution in [-0.4, -0.2) is 14.8 Å². The van der Waals surface area contributed by atoms with Crippen molar-refractivity contribution in [1.82, 2.24) is 14.8 Å². The minimum atomic E-state index is -0.310. The van der Waals surface area contributed by atoms with Gasteiger partial charge in [0.1, 0.15) is 0 Å². The Morgan fingerprint density at radius 3 is 2.32 bits per heavy atom. The maximum atomic E-state index is 12.8. The first-order valence-corrected chi connectivity index (χ1v) is 9.30. The molecular weight excluding hydrogens is 374 g/mol. The van der Waals surface area contributed by atoms with Crippen molar-refractivity contribution in [3.8, 4) is 16.4 Å². The van der Waals surface area contributed by atoms with Gasteiger partial charge in [-0.1, -0.05) is 12.1 Å². The number of aryl methyl sites for hydroxylation is 1. The maximum absolute atomic E-state index is 12.8. The molecule has 0 aliphatic carbocycles. The smallest absolute Gasteiger partial charge is 0.301 e. The molecule has 0 radical (unpaired) electrons. The molecule has 4 rings (SSSR count). The summed E-state index contributed by atoms with van der Waals surface area (Å²) in [6.45, 7) is 1.77. The van der Waals surface area contributed by atoms with Crippen molar-refractivity contribution < 1.29 is 0 Å². The van der Waals surface area contributed by atoms with Crippen LogP contribution in [0.1, 0.15) is 5.69 Å². The number of benzene rings is 2. The summed E-state index contributed by atoms with van der Waals surface area (Å²) in [6, 6.07) is 14.3. The Morgan fingerprint density at radius 1 is 1.00 bits per heavy atom. The quantitative estimate of drug-likeness (QED) is 0.356. The highest BCUT2D eigenvalue weighted by Gasteiger charge is 2.15. The van der Waals surface area contributed by atoms with E-state index in [1.54, 1.807) is 31.2 Å². The summed E-state index contributed by atoms with van der Waals surface area (Å²) >= 11 is 1.36. The fraction of sp³-hybridized carbons (Fsp3) is 0.0526. The van der Waals surface area contributed by atoms with Crippen molar-refractivity contribution in [2.24, 2.45) is 10.2 Å². The second kappa shape index (κ2) is 7.12. The number of hydrogen-bond acceptors (Lipinski definition) is 7. The molecule has 5 N–H and O–H groups in total. The first kappa shape index (κ1) is 17.7. The monoisotopic (exact) mass is 391 g/mol. The Balaban J connectivity index is 1.65. The number of nitrogen functional groups attached to an aromatic ring is 2. The van der Waals surface area contributed by atoms with Gasteiger partial charge >= 0.3 is 5.56 Å². The number of H-pyrrole nitrogens is 1. The average Bonchev–Trinajstić information content (AvgIpc) is 3.27. The number of nitrogens with two attached hydrogens (primary N) is 2. The van der Waals surface area contributed by atoms with Gasteiger partial charge in [0.25, 0.3) is 0 Å². The Hall–Kier alpha value is -3.72. The van der Waals surface area contributed by atoms with Crippen molar-refractivity contribution >= 4 is 34.1 Å². The third-order valence-electron chi connectivity index (χ3n) is 4.09. The number of nitrogens with zero attached hydrogens (tertiary/aromatic N) is 4. The largest absolute Gasteiger partial charge is 0.399 e. The highest BCUT2D eigenvalue weighted by molar-refractivity contribution is 7.12. The van der Waals surface area contributed by atoms with Crippen LogP contribution < -0.4 is 17.0 Å². The lowest BCUT2D eigenvalue weighted by Gasteiger charge is -1.97. The molecule has 0 atom stereocenters. The topological polar surface area (TPSA) is 127 Å². The first-order valence-electron chi connectivity index (χ1n) is 8.42. The Morgan fingerprint density at radius 2 is 1.64 bits per heavy atom. The minimum absolute atomic E-state index is 0.237.